The van der Waals surface area contributed by atoms with E-state index in [0.717, 1.165) is 11.1 Å². The van der Waals surface area contributed by atoms with E-state index in [-0.39, 0.29) is 23.9 Å². The second-order valence-corrected chi connectivity index (χ2v) is 8.01. The lowest BCUT2D eigenvalue weighted by molar-refractivity contribution is -0.135. The Balaban J connectivity index is 1.89. The highest BCUT2D eigenvalue weighted by atomic mass is 16.6. The highest BCUT2D eigenvalue weighted by Gasteiger charge is 2.30. The van der Waals surface area contributed by atoms with Crippen LogP contribution in [0.15, 0.2) is 24.3 Å². The van der Waals surface area contributed by atoms with Gasteiger partial charge in [0.15, 0.2) is 0 Å². The minimum atomic E-state index is -0.600. The van der Waals surface area contributed by atoms with E-state index in [1.807, 2.05) is 45.0 Å². The summed E-state index contributed by atoms with van der Waals surface area (Å²) in [5.41, 5.74) is 2.16. The molecule has 2 rings (SSSR count). The van der Waals surface area contributed by atoms with Gasteiger partial charge in [0.05, 0.1) is 6.61 Å². The molecule has 1 fully saturated rings. The third-order valence-electron chi connectivity index (χ3n) is 5.00. The lowest BCUT2D eigenvalue weighted by Crippen LogP contribution is -2.57. The van der Waals surface area contributed by atoms with Gasteiger partial charge in [-0.1, -0.05) is 43.7 Å². The number of amides is 4. The molecule has 1 atom stereocenters. The van der Waals surface area contributed by atoms with Crippen LogP contribution in [0.3, 0.4) is 0 Å². The number of nitrogens with zero attached hydrogens (tertiary/aromatic N) is 2. The first-order valence-electron chi connectivity index (χ1n) is 10.6. The van der Waals surface area contributed by atoms with Crippen molar-refractivity contribution in [1.29, 1.82) is 0 Å². The van der Waals surface area contributed by atoms with Gasteiger partial charge in [-0.15, -0.1) is 0 Å². The average molecular weight is 419 g/mol. The third kappa shape index (κ3) is 7.24. The van der Waals surface area contributed by atoms with Crippen LogP contribution < -0.4 is 10.6 Å². The number of hydrogen-bond acceptors (Lipinski definition) is 4. The predicted octanol–water partition coefficient (Wildman–Crippen LogP) is 2.51. The van der Waals surface area contributed by atoms with Crippen LogP contribution in [0.4, 0.5) is 9.59 Å². The number of ether oxygens (including phenoxy) is 1. The topological polar surface area (TPSA) is 91.0 Å². The van der Waals surface area contributed by atoms with Crippen molar-refractivity contribution in [2.24, 2.45) is 5.92 Å². The van der Waals surface area contributed by atoms with E-state index in [2.05, 4.69) is 10.6 Å². The first-order valence-corrected chi connectivity index (χ1v) is 10.6. The fourth-order valence-corrected chi connectivity index (χ4v) is 3.33. The van der Waals surface area contributed by atoms with Crippen LogP contribution in [-0.2, 0) is 16.1 Å². The first kappa shape index (κ1) is 23.5. The Bertz CT molecular complexity index is 712. The summed E-state index contributed by atoms with van der Waals surface area (Å²) < 4.78 is 5.02. The predicted molar refractivity (Wildman–Crippen MR) is 115 cm³/mol. The van der Waals surface area contributed by atoms with Gasteiger partial charge >= 0.3 is 12.1 Å². The molecular formula is C22H34N4O4. The average Bonchev–Trinajstić information content (AvgIpc) is 2.72. The molecule has 0 spiro atoms. The standard InChI is InChI=1S/C22H34N4O4/c1-5-30-22(29)26-12-10-25(11-13-26)20(27)19(14-16(2)3)24-21(28)23-15-18-8-6-17(4)7-9-18/h6-9,16,19H,5,10-15H2,1-4H3,(H2,23,24,28)/t19-/m1/s1. The molecule has 1 aromatic rings. The van der Waals surface area contributed by atoms with Gasteiger partial charge in [0.25, 0.3) is 0 Å². The van der Waals surface area contributed by atoms with Crippen LogP contribution in [0.25, 0.3) is 0 Å². The van der Waals surface area contributed by atoms with Crippen LogP contribution >= 0.6 is 0 Å². The Morgan fingerprint density at radius 3 is 2.20 bits per heavy atom. The van der Waals surface area contributed by atoms with Gasteiger partial charge in [-0.2, -0.15) is 0 Å². The molecule has 0 aromatic heterocycles. The fraction of sp³-hybridized carbons (Fsp3) is 0.591. The Morgan fingerprint density at radius 2 is 1.63 bits per heavy atom. The van der Waals surface area contributed by atoms with Crippen molar-refractivity contribution in [2.75, 3.05) is 32.8 Å². The van der Waals surface area contributed by atoms with Crippen molar-refractivity contribution in [1.82, 2.24) is 20.4 Å². The highest BCUT2D eigenvalue weighted by molar-refractivity contribution is 5.87. The molecule has 1 aromatic carbocycles. The number of carbonyl (C=O) groups excluding carboxylic acids is 3. The summed E-state index contributed by atoms with van der Waals surface area (Å²) in [4.78, 5) is 40.6. The monoisotopic (exact) mass is 418 g/mol. The molecule has 1 saturated heterocycles. The van der Waals surface area contributed by atoms with E-state index in [1.54, 1.807) is 16.7 Å². The number of aryl methyl sites for hydroxylation is 1. The van der Waals surface area contributed by atoms with Gasteiger partial charge in [-0.05, 0) is 31.7 Å². The van der Waals surface area contributed by atoms with Crippen molar-refractivity contribution in [2.45, 2.75) is 46.7 Å². The molecule has 0 saturated carbocycles. The molecule has 8 heteroatoms. The van der Waals surface area contributed by atoms with Crippen molar-refractivity contribution >= 4 is 18.0 Å². The van der Waals surface area contributed by atoms with Crippen LogP contribution in [0.1, 0.15) is 38.3 Å². The summed E-state index contributed by atoms with van der Waals surface area (Å²) >= 11 is 0. The SMILES string of the molecule is CCOC(=O)N1CCN(C(=O)[C@@H](CC(C)C)NC(=O)NCc2ccc(C)cc2)CC1. The van der Waals surface area contributed by atoms with E-state index < -0.39 is 6.04 Å². The maximum Gasteiger partial charge on any atom is 0.409 e. The summed E-state index contributed by atoms with van der Waals surface area (Å²) in [7, 11) is 0. The van der Waals surface area contributed by atoms with Crippen molar-refractivity contribution in [3.05, 3.63) is 35.4 Å². The first-order chi connectivity index (χ1) is 14.3. The Morgan fingerprint density at radius 1 is 1.03 bits per heavy atom. The molecule has 1 aliphatic heterocycles. The van der Waals surface area contributed by atoms with Crippen molar-refractivity contribution in [3.8, 4) is 0 Å². The summed E-state index contributed by atoms with van der Waals surface area (Å²) in [6, 6.07) is 6.97. The zero-order chi connectivity index (χ0) is 22.1. The van der Waals surface area contributed by atoms with E-state index in [9.17, 15) is 14.4 Å². The fourth-order valence-electron chi connectivity index (χ4n) is 3.33. The molecule has 0 radical (unpaired) electrons. The third-order valence-corrected chi connectivity index (χ3v) is 5.00. The van der Waals surface area contributed by atoms with Crippen LogP contribution in [0.5, 0.6) is 0 Å². The quantitative estimate of drug-likeness (QED) is 0.712. The molecular weight excluding hydrogens is 384 g/mol. The summed E-state index contributed by atoms with van der Waals surface area (Å²) in [5, 5.41) is 5.66. The Labute approximate surface area is 178 Å². The molecule has 4 amide bonds. The van der Waals surface area contributed by atoms with Gasteiger partial charge < -0.3 is 25.2 Å². The molecule has 0 aliphatic carbocycles. The second-order valence-electron chi connectivity index (χ2n) is 8.01. The number of carbonyl (C=O) groups is 3. The number of benzene rings is 1. The van der Waals surface area contributed by atoms with E-state index in [4.69, 9.17) is 4.74 Å². The van der Waals surface area contributed by atoms with E-state index >= 15 is 0 Å². The smallest absolute Gasteiger partial charge is 0.409 e. The molecule has 8 nitrogen and oxygen atoms in total. The normalized spacial score (nSPS) is 15.0. The van der Waals surface area contributed by atoms with Crippen LogP contribution in [-0.4, -0.2) is 66.7 Å². The van der Waals surface area contributed by atoms with Gasteiger partial charge in [-0.25, -0.2) is 9.59 Å². The zero-order valence-electron chi connectivity index (χ0n) is 18.4. The summed E-state index contributed by atoms with van der Waals surface area (Å²) in [5.74, 6) is 0.134. The maximum absolute atomic E-state index is 13.0. The zero-order valence-corrected chi connectivity index (χ0v) is 18.4. The maximum atomic E-state index is 13.0. The van der Waals surface area contributed by atoms with Gasteiger partial charge in [0.2, 0.25) is 5.91 Å². The molecule has 0 unspecified atom stereocenters. The Kier molecular flexibility index (Phi) is 8.95. The number of hydrogen-bond donors (Lipinski definition) is 2. The molecule has 166 valence electrons. The molecule has 0 bridgehead atoms. The molecule has 30 heavy (non-hydrogen) atoms. The highest BCUT2D eigenvalue weighted by Crippen LogP contribution is 2.11. The summed E-state index contributed by atoms with van der Waals surface area (Å²) in [6.45, 7) is 10.3. The van der Waals surface area contributed by atoms with Crippen molar-refractivity contribution in [3.63, 3.8) is 0 Å². The minimum absolute atomic E-state index is 0.113. The van der Waals surface area contributed by atoms with E-state index in [0.29, 0.717) is 45.8 Å². The summed E-state index contributed by atoms with van der Waals surface area (Å²) in [6.07, 6.45) is 0.200. The van der Waals surface area contributed by atoms with E-state index in [1.165, 1.54) is 0 Å². The minimum Gasteiger partial charge on any atom is -0.450 e. The number of nitrogens with one attached hydrogen (secondary N) is 2. The lowest BCUT2D eigenvalue weighted by atomic mass is 10.0. The molecule has 1 aliphatic rings. The molecule has 1 heterocycles. The number of piperazine rings is 1. The van der Waals surface area contributed by atoms with Crippen molar-refractivity contribution < 1.29 is 19.1 Å². The van der Waals surface area contributed by atoms with Crippen LogP contribution in [0, 0.1) is 12.8 Å². The largest absolute Gasteiger partial charge is 0.450 e. The number of rotatable bonds is 7. The lowest BCUT2D eigenvalue weighted by Gasteiger charge is -2.36. The van der Waals surface area contributed by atoms with Crippen LogP contribution in [0.2, 0.25) is 0 Å². The second kappa shape index (κ2) is 11.4. The van der Waals surface area contributed by atoms with Gasteiger partial charge in [0, 0.05) is 32.7 Å². The Hall–Kier alpha value is -2.77. The van der Waals surface area contributed by atoms with Gasteiger partial charge in [-0.3, -0.25) is 4.79 Å². The van der Waals surface area contributed by atoms with Gasteiger partial charge in [0.1, 0.15) is 6.04 Å². The molecule has 2 N–H and O–H groups in total. The number of urea groups is 1.